The lowest BCUT2D eigenvalue weighted by atomic mass is 9.88. The van der Waals surface area contributed by atoms with E-state index in [2.05, 4.69) is 23.2 Å². The first-order valence-electron chi connectivity index (χ1n) is 14.7. The number of hydrogen-bond acceptors (Lipinski definition) is 5. The van der Waals surface area contributed by atoms with Crippen LogP contribution in [0, 0.1) is 12.8 Å². The number of carbonyl (C=O) groups excluding carboxylic acids is 3. The van der Waals surface area contributed by atoms with Crippen molar-refractivity contribution >= 4 is 29.5 Å². The minimum Gasteiger partial charge on any atom is -0.467 e. The average molecular weight is 567 g/mol. The number of hydrogen-bond donors (Lipinski definition) is 1. The Bertz CT molecular complexity index is 1130. The van der Waals surface area contributed by atoms with Crippen molar-refractivity contribution in [2.24, 2.45) is 5.92 Å². The van der Waals surface area contributed by atoms with Gasteiger partial charge in [-0.15, -0.1) is 0 Å². The number of esters is 1. The molecular weight excluding hydrogens is 520 g/mol. The van der Waals surface area contributed by atoms with Gasteiger partial charge in [0.1, 0.15) is 6.04 Å². The molecule has 2 amide bonds. The Kier molecular flexibility index (Phi) is 13.1. The maximum atomic E-state index is 13.5. The summed E-state index contributed by atoms with van der Waals surface area (Å²) >= 11 is 1.62. The number of nitrogens with zero attached hydrogens (tertiary/aromatic N) is 1. The molecule has 1 aliphatic carbocycles. The SMILES string of the molecule is CCCCN(CCc1ccc(C(=O)N[C@@H](CCSC)C(=O)OC)c(-c2ccccc2C)c1)C(=O)C1CCCCC1. The second-order valence-corrected chi connectivity index (χ2v) is 11.8. The number of unbranched alkanes of at least 4 members (excludes halogenated alkanes) is 1. The number of carbonyl (C=O) groups is 3. The van der Waals surface area contributed by atoms with Gasteiger partial charge in [0.15, 0.2) is 0 Å². The quantitative estimate of drug-likeness (QED) is 0.267. The number of rotatable bonds is 14. The van der Waals surface area contributed by atoms with Crippen LogP contribution in [-0.2, 0) is 20.7 Å². The second-order valence-electron chi connectivity index (χ2n) is 10.8. The monoisotopic (exact) mass is 566 g/mol. The largest absolute Gasteiger partial charge is 0.467 e. The van der Waals surface area contributed by atoms with Crippen LogP contribution < -0.4 is 5.32 Å². The molecule has 0 aliphatic heterocycles. The zero-order valence-corrected chi connectivity index (χ0v) is 25.5. The van der Waals surface area contributed by atoms with Gasteiger partial charge in [0.05, 0.1) is 7.11 Å². The lowest BCUT2D eigenvalue weighted by molar-refractivity contribution is -0.143. The molecule has 0 bridgehead atoms. The maximum absolute atomic E-state index is 13.5. The Morgan fingerprint density at radius 2 is 1.80 bits per heavy atom. The molecule has 2 aromatic rings. The fourth-order valence-corrected chi connectivity index (χ4v) is 5.93. The molecule has 1 aliphatic rings. The highest BCUT2D eigenvalue weighted by molar-refractivity contribution is 7.98. The maximum Gasteiger partial charge on any atom is 0.328 e. The van der Waals surface area contributed by atoms with E-state index in [0.717, 1.165) is 79.5 Å². The first-order chi connectivity index (χ1) is 19.4. The minimum atomic E-state index is -0.702. The van der Waals surface area contributed by atoms with Gasteiger partial charge in [0.25, 0.3) is 5.91 Å². The number of amides is 2. The van der Waals surface area contributed by atoms with Gasteiger partial charge >= 0.3 is 5.97 Å². The van der Waals surface area contributed by atoms with Crippen LogP contribution in [0.4, 0.5) is 0 Å². The Morgan fingerprint density at radius 1 is 1.05 bits per heavy atom. The van der Waals surface area contributed by atoms with Gasteiger partial charge in [-0.05, 0) is 79.4 Å². The van der Waals surface area contributed by atoms with E-state index in [1.807, 2.05) is 49.6 Å². The standard InChI is InChI=1S/C33H46N2O4S/c1-5-6-20-35(32(37)26-13-8-7-9-14-26)21-18-25-16-17-28(29(23-25)27-15-11-10-12-24(27)2)31(36)34-30(19-22-40-4)33(38)39-3/h10-12,15-17,23,26,30H,5-9,13-14,18-22H2,1-4H3,(H,34,36)/t30-/m0/s1. The van der Waals surface area contributed by atoms with Gasteiger partial charge in [-0.3, -0.25) is 9.59 Å². The number of thioether (sulfide) groups is 1. The van der Waals surface area contributed by atoms with E-state index in [1.54, 1.807) is 11.8 Å². The first kappa shape index (κ1) is 31.7. The van der Waals surface area contributed by atoms with Crippen molar-refractivity contribution in [1.82, 2.24) is 10.2 Å². The lowest BCUT2D eigenvalue weighted by Gasteiger charge is -2.29. The molecule has 0 unspecified atom stereocenters. The Morgan fingerprint density at radius 3 is 2.48 bits per heavy atom. The van der Waals surface area contributed by atoms with E-state index in [0.29, 0.717) is 24.4 Å². The molecule has 0 spiro atoms. The van der Waals surface area contributed by atoms with Gasteiger partial charge in [0.2, 0.25) is 5.91 Å². The molecule has 1 saturated carbocycles. The zero-order valence-electron chi connectivity index (χ0n) is 24.7. The van der Waals surface area contributed by atoms with Crippen molar-refractivity contribution in [1.29, 1.82) is 0 Å². The van der Waals surface area contributed by atoms with Crippen molar-refractivity contribution in [3.63, 3.8) is 0 Å². The third-order valence-electron chi connectivity index (χ3n) is 7.88. The highest BCUT2D eigenvalue weighted by Crippen LogP contribution is 2.29. The summed E-state index contributed by atoms with van der Waals surface area (Å²) < 4.78 is 4.95. The summed E-state index contributed by atoms with van der Waals surface area (Å²) in [7, 11) is 1.34. The van der Waals surface area contributed by atoms with Crippen molar-refractivity contribution in [2.45, 2.75) is 77.7 Å². The van der Waals surface area contributed by atoms with E-state index in [-0.39, 0.29) is 11.8 Å². The van der Waals surface area contributed by atoms with Crippen LogP contribution in [0.3, 0.4) is 0 Å². The van der Waals surface area contributed by atoms with Crippen LogP contribution in [0.5, 0.6) is 0 Å². The third-order valence-corrected chi connectivity index (χ3v) is 8.53. The summed E-state index contributed by atoms with van der Waals surface area (Å²) in [6.07, 6.45) is 10.8. The number of nitrogens with one attached hydrogen (secondary N) is 1. The van der Waals surface area contributed by atoms with Crippen LogP contribution >= 0.6 is 11.8 Å². The summed E-state index contributed by atoms with van der Waals surface area (Å²) in [6.45, 7) is 5.66. The molecule has 7 heteroatoms. The van der Waals surface area contributed by atoms with Crippen LogP contribution in [0.15, 0.2) is 42.5 Å². The van der Waals surface area contributed by atoms with Crippen LogP contribution in [-0.4, -0.2) is 60.9 Å². The predicted octanol–water partition coefficient (Wildman–Crippen LogP) is 6.44. The third kappa shape index (κ3) is 8.85. The van der Waals surface area contributed by atoms with Crippen molar-refractivity contribution in [3.05, 3.63) is 59.2 Å². The fraction of sp³-hybridized carbons (Fsp3) is 0.545. The zero-order chi connectivity index (χ0) is 28.9. The van der Waals surface area contributed by atoms with Crippen molar-refractivity contribution in [2.75, 3.05) is 32.2 Å². The molecule has 1 fully saturated rings. The molecule has 1 N–H and O–H groups in total. The summed E-state index contributed by atoms with van der Waals surface area (Å²) in [5.41, 5.74) is 4.49. The summed E-state index contributed by atoms with van der Waals surface area (Å²) in [5, 5.41) is 2.91. The highest BCUT2D eigenvalue weighted by atomic mass is 32.2. The van der Waals surface area contributed by atoms with E-state index < -0.39 is 12.0 Å². The molecule has 6 nitrogen and oxygen atoms in total. The predicted molar refractivity (Wildman–Crippen MR) is 165 cm³/mol. The van der Waals surface area contributed by atoms with Gasteiger partial charge in [-0.2, -0.15) is 11.8 Å². The molecular formula is C33H46N2O4S. The number of ether oxygens (including phenoxy) is 1. The molecule has 1 atom stereocenters. The molecule has 2 aromatic carbocycles. The molecule has 0 aromatic heterocycles. The van der Waals surface area contributed by atoms with Gasteiger partial charge in [0, 0.05) is 24.6 Å². The van der Waals surface area contributed by atoms with E-state index in [4.69, 9.17) is 4.74 Å². The molecule has 0 saturated heterocycles. The van der Waals surface area contributed by atoms with Gasteiger partial charge < -0.3 is 15.0 Å². The number of benzene rings is 2. The summed E-state index contributed by atoms with van der Waals surface area (Å²) in [4.78, 5) is 41.4. The van der Waals surface area contributed by atoms with Gasteiger partial charge in [-0.25, -0.2) is 4.79 Å². The van der Waals surface area contributed by atoms with Crippen LogP contribution in [0.1, 0.15) is 79.8 Å². The fourth-order valence-electron chi connectivity index (χ4n) is 5.46. The summed E-state index contributed by atoms with van der Waals surface area (Å²) in [5.74, 6) is 0.470. The molecule has 3 rings (SSSR count). The second kappa shape index (κ2) is 16.5. The molecule has 0 heterocycles. The van der Waals surface area contributed by atoms with E-state index in [9.17, 15) is 14.4 Å². The molecule has 0 radical (unpaired) electrons. The highest BCUT2D eigenvalue weighted by Gasteiger charge is 2.26. The van der Waals surface area contributed by atoms with E-state index in [1.165, 1.54) is 13.5 Å². The van der Waals surface area contributed by atoms with Crippen molar-refractivity contribution < 1.29 is 19.1 Å². The van der Waals surface area contributed by atoms with Crippen molar-refractivity contribution in [3.8, 4) is 11.1 Å². The molecule has 218 valence electrons. The average Bonchev–Trinajstić information content (AvgIpc) is 2.99. The lowest BCUT2D eigenvalue weighted by Crippen LogP contribution is -2.42. The Balaban J connectivity index is 1.86. The van der Waals surface area contributed by atoms with Crippen LogP contribution in [0.2, 0.25) is 0 Å². The van der Waals surface area contributed by atoms with E-state index >= 15 is 0 Å². The van der Waals surface area contributed by atoms with Gasteiger partial charge in [-0.1, -0.05) is 69.0 Å². The minimum absolute atomic E-state index is 0.160. The smallest absolute Gasteiger partial charge is 0.328 e. The number of aryl methyl sites for hydroxylation is 1. The Hall–Kier alpha value is -2.80. The first-order valence-corrected chi connectivity index (χ1v) is 16.1. The van der Waals surface area contributed by atoms with Crippen LogP contribution in [0.25, 0.3) is 11.1 Å². The normalized spacial score (nSPS) is 14.4. The Labute approximate surface area is 244 Å². The topological polar surface area (TPSA) is 75.7 Å². The molecule has 40 heavy (non-hydrogen) atoms. The number of methoxy groups -OCH3 is 1. The summed E-state index contributed by atoms with van der Waals surface area (Å²) in [6, 6.07) is 13.2.